The van der Waals surface area contributed by atoms with E-state index in [2.05, 4.69) is 18.8 Å². The van der Waals surface area contributed by atoms with Crippen LogP contribution in [0.5, 0.6) is 11.5 Å². The molecule has 0 bridgehead atoms. The standard InChI is InChI=1S/C29H25N3O3S/c1-19-11-12-24(15-20(19)2)35-14-13-34-23-10-6-7-21(16-23)17-25-27(30)32-26(22-8-4-3-5-9-22)18-36-29(32)31-28(25)33/h3-12,15-18,30H,13-14H2,1-2H3. The molecule has 3 aromatic carbocycles. The van der Waals surface area contributed by atoms with Gasteiger partial charge >= 0.3 is 0 Å². The highest BCUT2D eigenvalue weighted by Crippen LogP contribution is 2.37. The van der Waals surface area contributed by atoms with Gasteiger partial charge in [0.25, 0.3) is 5.91 Å². The van der Waals surface area contributed by atoms with Crippen LogP contribution >= 0.6 is 11.8 Å². The Morgan fingerprint density at radius 1 is 0.917 bits per heavy atom. The largest absolute Gasteiger partial charge is 0.490 e. The zero-order chi connectivity index (χ0) is 25.1. The molecule has 1 N–H and O–H groups in total. The zero-order valence-electron chi connectivity index (χ0n) is 20.0. The van der Waals surface area contributed by atoms with Gasteiger partial charge in [-0.2, -0.15) is 4.99 Å². The lowest BCUT2D eigenvalue weighted by molar-refractivity contribution is -0.114. The highest BCUT2D eigenvalue weighted by atomic mass is 32.2. The van der Waals surface area contributed by atoms with E-state index in [0.29, 0.717) is 24.1 Å². The van der Waals surface area contributed by atoms with Crippen LogP contribution in [0.3, 0.4) is 0 Å². The number of aryl methyl sites for hydroxylation is 2. The number of ether oxygens (including phenoxy) is 2. The Labute approximate surface area is 214 Å². The molecule has 180 valence electrons. The van der Waals surface area contributed by atoms with Crippen molar-refractivity contribution in [2.24, 2.45) is 4.99 Å². The van der Waals surface area contributed by atoms with Crippen LogP contribution in [0.25, 0.3) is 11.8 Å². The van der Waals surface area contributed by atoms with E-state index < -0.39 is 5.91 Å². The summed E-state index contributed by atoms with van der Waals surface area (Å²) < 4.78 is 11.7. The highest BCUT2D eigenvalue weighted by molar-refractivity contribution is 8.17. The molecule has 2 heterocycles. The molecule has 1 amide bonds. The molecule has 0 saturated heterocycles. The smallest absolute Gasteiger partial charge is 0.283 e. The third kappa shape index (κ3) is 4.97. The van der Waals surface area contributed by atoms with Crippen LogP contribution in [-0.4, -0.2) is 35.0 Å². The third-order valence-electron chi connectivity index (χ3n) is 5.95. The summed E-state index contributed by atoms with van der Waals surface area (Å²) in [6, 6.07) is 23.2. The van der Waals surface area contributed by atoms with Gasteiger partial charge in [0.05, 0.1) is 11.3 Å². The quantitative estimate of drug-likeness (QED) is 0.318. The van der Waals surface area contributed by atoms with Crippen LogP contribution < -0.4 is 9.47 Å². The van der Waals surface area contributed by atoms with Crippen molar-refractivity contribution >= 4 is 40.4 Å². The molecule has 0 atom stereocenters. The van der Waals surface area contributed by atoms with Crippen molar-refractivity contribution in [3.8, 4) is 11.5 Å². The topological polar surface area (TPSA) is 75.0 Å². The van der Waals surface area contributed by atoms with Gasteiger partial charge in [-0.25, -0.2) is 0 Å². The molecule has 0 aliphatic carbocycles. The maximum absolute atomic E-state index is 12.8. The number of thioether (sulfide) groups is 1. The number of nitrogens with zero attached hydrogens (tertiary/aromatic N) is 2. The van der Waals surface area contributed by atoms with Gasteiger partial charge in [0.1, 0.15) is 30.5 Å². The van der Waals surface area contributed by atoms with Gasteiger partial charge < -0.3 is 9.47 Å². The monoisotopic (exact) mass is 495 g/mol. The van der Waals surface area contributed by atoms with Crippen LogP contribution in [-0.2, 0) is 4.79 Å². The second kappa shape index (κ2) is 10.3. The van der Waals surface area contributed by atoms with E-state index in [1.54, 1.807) is 11.0 Å². The lowest BCUT2D eigenvalue weighted by Gasteiger charge is -2.26. The summed E-state index contributed by atoms with van der Waals surface area (Å²) in [6.07, 6.45) is 1.69. The van der Waals surface area contributed by atoms with Gasteiger partial charge in [0.15, 0.2) is 5.17 Å². The molecule has 0 aromatic heterocycles. The minimum Gasteiger partial charge on any atom is -0.490 e. The van der Waals surface area contributed by atoms with Crippen LogP contribution in [0.15, 0.2) is 88.8 Å². The molecule has 7 heteroatoms. The predicted octanol–water partition coefficient (Wildman–Crippen LogP) is 6.07. The van der Waals surface area contributed by atoms with Gasteiger partial charge in [-0.05, 0) is 66.4 Å². The molecule has 0 spiro atoms. The number of hydrogen-bond donors (Lipinski definition) is 1. The summed E-state index contributed by atoms with van der Waals surface area (Å²) in [5.41, 5.74) is 5.21. The Balaban J connectivity index is 1.27. The van der Waals surface area contributed by atoms with Crippen molar-refractivity contribution in [2.75, 3.05) is 13.2 Å². The molecule has 0 unspecified atom stereocenters. The molecule has 2 aliphatic heterocycles. The molecule has 0 fully saturated rings. The van der Waals surface area contributed by atoms with Crippen LogP contribution in [0, 0.1) is 19.3 Å². The Bertz CT molecular complexity index is 1430. The number of carbonyl (C=O) groups excluding carboxylic acids is 1. The first kappa shape index (κ1) is 23.6. The summed E-state index contributed by atoms with van der Waals surface area (Å²) >= 11 is 1.35. The maximum Gasteiger partial charge on any atom is 0.283 e. The molecule has 0 saturated carbocycles. The normalized spacial score (nSPS) is 16.1. The molecular formula is C29H25N3O3S. The highest BCUT2D eigenvalue weighted by Gasteiger charge is 2.36. The number of carbonyl (C=O) groups is 1. The summed E-state index contributed by atoms with van der Waals surface area (Å²) in [5, 5.41) is 11.2. The summed E-state index contributed by atoms with van der Waals surface area (Å²) in [6.45, 7) is 4.92. The first-order chi connectivity index (χ1) is 17.5. The maximum atomic E-state index is 12.8. The number of hydrogen-bond acceptors (Lipinski definition) is 5. The second-order valence-electron chi connectivity index (χ2n) is 8.44. The first-order valence-electron chi connectivity index (χ1n) is 11.6. The molecular weight excluding hydrogens is 470 g/mol. The van der Waals surface area contributed by atoms with E-state index in [-0.39, 0.29) is 11.4 Å². The molecule has 36 heavy (non-hydrogen) atoms. The van der Waals surface area contributed by atoms with E-state index in [1.165, 1.54) is 22.9 Å². The Morgan fingerprint density at radius 3 is 2.42 bits per heavy atom. The number of amides is 1. The summed E-state index contributed by atoms with van der Waals surface area (Å²) in [7, 11) is 0. The number of benzene rings is 3. The molecule has 2 aliphatic rings. The predicted molar refractivity (Wildman–Crippen MR) is 145 cm³/mol. The van der Waals surface area contributed by atoms with Gasteiger partial charge in [-0.1, -0.05) is 60.3 Å². The van der Waals surface area contributed by atoms with Gasteiger partial charge in [-0.3, -0.25) is 15.1 Å². The lowest BCUT2D eigenvalue weighted by Crippen LogP contribution is -2.38. The van der Waals surface area contributed by atoms with Gasteiger partial charge in [0, 0.05) is 5.41 Å². The average Bonchev–Trinajstić information content (AvgIpc) is 3.31. The van der Waals surface area contributed by atoms with Gasteiger partial charge in [-0.15, -0.1) is 0 Å². The first-order valence-corrected chi connectivity index (χ1v) is 12.5. The fourth-order valence-electron chi connectivity index (χ4n) is 3.90. The van der Waals surface area contributed by atoms with Gasteiger partial charge in [0.2, 0.25) is 0 Å². The Hall–Kier alpha value is -4.10. The summed E-state index contributed by atoms with van der Waals surface area (Å²) in [4.78, 5) is 18.7. The SMILES string of the molecule is Cc1ccc(OCCOc2cccc(C=C3C(=N)N4C(c5ccccc5)=CSC4=NC3=O)c2)cc1C. The minimum absolute atomic E-state index is 0.109. The van der Waals surface area contributed by atoms with Crippen LogP contribution in [0.1, 0.15) is 22.3 Å². The molecule has 3 aromatic rings. The van der Waals surface area contributed by atoms with E-state index >= 15 is 0 Å². The van der Waals surface area contributed by atoms with Crippen molar-refractivity contribution in [1.29, 1.82) is 5.41 Å². The third-order valence-corrected chi connectivity index (χ3v) is 6.78. The number of rotatable bonds is 7. The van der Waals surface area contributed by atoms with Crippen LogP contribution in [0.4, 0.5) is 0 Å². The molecule has 6 nitrogen and oxygen atoms in total. The fraction of sp³-hybridized carbons (Fsp3) is 0.138. The number of nitrogens with one attached hydrogen (secondary N) is 1. The van der Waals surface area contributed by atoms with Crippen molar-refractivity contribution in [2.45, 2.75) is 13.8 Å². The van der Waals surface area contributed by atoms with E-state index in [9.17, 15) is 4.79 Å². The second-order valence-corrected chi connectivity index (χ2v) is 9.28. The fourth-order valence-corrected chi connectivity index (χ4v) is 4.79. The minimum atomic E-state index is -0.422. The molecule has 5 rings (SSSR count). The van der Waals surface area contributed by atoms with Crippen molar-refractivity contribution in [3.63, 3.8) is 0 Å². The Morgan fingerprint density at radius 2 is 1.67 bits per heavy atom. The number of fused-ring (bicyclic) bond motifs is 1. The Kier molecular flexibility index (Phi) is 6.73. The van der Waals surface area contributed by atoms with Crippen LogP contribution in [0.2, 0.25) is 0 Å². The van der Waals surface area contributed by atoms with Crippen molar-refractivity contribution < 1.29 is 14.3 Å². The van der Waals surface area contributed by atoms with E-state index in [4.69, 9.17) is 14.9 Å². The van der Waals surface area contributed by atoms with E-state index in [0.717, 1.165) is 22.6 Å². The number of amidine groups is 2. The molecule has 0 radical (unpaired) electrons. The van der Waals surface area contributed by atoms with Crippen molar-refractivity contribution in [1.82, 2.24) is 4.90 Å². The van der Waals surface area contributed by atoms with E-state index in [1.807, 2.05) is 78.2 Å². The number of aliphatic imine (C=N–C) groups is 1. The lowest BCUT2D eigenvalue weighted by atomic mass is 10.1. The van der Waals surface area contributed by atoms with Crippen molar-refractivity contribution in [3.05, 3.63) is 106 Å². The zero-order valence-corrected chi connectivity index (χ0v) is 20.8. The average molecular weight is 496 g/mol. The summed E-state index contributed by atoms with van der Waals surface area (Å²) in [5.74, 6) is 1.17.